The number of carbonyl (C=O) groups is 2. The maximum atomic E-state index is 12.7. The van der Waals surface area contributed by atoms with Crippen LogP contribution in [0.5, 0.6) is 0 Å². The van der Waals surface area contributed by atoms with Crippen molar-refractivity contribution in [3.63, 3.8) is 0 Å². The molecule has 9 heteroatoms. The Balaban J connectivity index is 1.38. The van der Waals surface area contributed by atoms with E-state index in [9.17, 15) is 14.4 Å². The third-order valence-corrected chi connectivity index (χ3v) is 5.41. The van der Waals surface area contributed by atoms with Crippen LogP contribution < -0.4 is 11.0 Å². The standard InChI is InChI=1S/C22H25N5O4/c1-2-31-22(30)25-12-9-17(10-13-25)20(28)23-18-7-5-6-16(14-18)15-27-21(29)26-11-4-3-8-19(26)24-27/h3-8,11,14,17H,2,9-10,12-13,15H2,1H3,(H,23,28). The van der Waals surface area contributed by atoms with Gasteiger partial charge in [-0.1, -0.05) is 18.2 Å². The van der Waals surface area contributed by atoms with Gasteiger partial charge in [0.05, 0.1) is 13.2 Å². The van der Waals surface area contributed by atoms with Crippen LogP contribution in [0.2, 0.25) is 0 Å². The number of benzene rings is 1. The molecule has 0 unspecified atom stereocenters. The number of nitrogens with zero attached hydrogens (tertiary/aromatic N) is 4. The summed E-state index contributed by atoms with van der Waals surface area (Å²) in [6, 6.07) is 12.8. The number of hydrogen-bond donors (Lipinski definition) is 1. The third kappa shape index (κ3) is 4.60. The molecule has 0 saturated carbocycles. The smallest absolute Gasteiger partial charge is 0.409 e. The number of pyridine rings is 1. The molecule has 2 amide bonds. The Bertz CT molecular complexity index is 1140. The van der Waals surface area contributed by atoms with Crippen LogP contribution in [0.15, 0.2) is 53.5 Å². The van der Waals surface area contributed by atoms with Crippen LogP contribution in [0.1, 0.15) is 25.3 Å². The summed E-state index contributed by atoms with van der Waals surface area (Å²) in [4.78, 5) is 38.6. The SMILES string of the molecule is CCOC(=O)N1CCC(C(=O)Nc2cccc(Cn3nc4ccccn4c3=O)c2)CC1. The van der Waals surface area contributed by atoms with Gasteiger partial charge >= 0.3 is 11.8 Å². The fourth-order valence-electron chi connectivity index (χ4n) is 3.77. The third-order valence-electron chi connectivity index (χ3n) is 5.41. The highest BCUT2D eigenvalue weighted by atomic mass is 16.6. The first-order valence-corrected chi connectivity index (χ1v) is 10.4. The molecule has 0 bridgehead atoms. The molecule has 31 heavy (non-hydrogen) atoms. The topological polar surface area (TPSA) is 97.9 Å². The number of anilines is 1. The Morgan fingerprint density at radius 2 is 1.97 bits per heavy atom. The molecule has 1 saturated heterocycles. The molecule has 162 valence electrons. The number of hydrogen-bond acceptors (Lipinski definition) is 5. The molecule has 1 aliphatic heterocycles. The summed E-state index contributed by atoms with van der Waals surface area (Å²) in [5.74, 6) is -0.221. The number of nitrogens with one attached hydrogen (secondary N) is 1. The van der Waals surface area contributed by atoms with Gasteiger partial charge < -0.3 is 15.0 Å². The predicted molar refractivity (Wildman–Crippen MR) is 115 cm³/mol. The molecule has 0 spiro atoms. The van der Waals surface area contributed by atoms with E-state index in [1.54, 1.807) is 30.2 Å². The van der Waals surface area contributed by atoms with Crippen molar-refractivity contribution >= 4 is 23.3 Å². The average molecular weight is 423 g/mol. The van der Waals surface area contributed by atoms with Crippen molar-refractivity contribution < 1.29 is 14.3 Å². The van der Waals surface area contributed by atoms with Crippen LogP contribution in [0, 0.1) is 5.92 Å². The normalized spacial score (nSPS) is 14.5. The molecule has 2 aromatic heterocycles. The van der Waals surface area contributed by atoms with Crippen molar-refractivity contribution in [2.75, 3.05) is 25.0 Å². The summed E-state index contributed by atoms with van der Waals surface area (Å²) in [6.45, 7) is 3.44. The minimum atomic E-state index is -0.323. The fourth-order valence-corrected chi connectivity index (χ4v) is 3.77. The summed E-state index contributed by atoms with van der Waals surface area (Å²) >= 11 is 0. The van der Waals surface area contributed by atoms with E-state index in [0.29, 0.717) is 50.4 Å². The molecule has 0 atom stereocenters. The van der Waals surface area contributed by atoms with E-state index in [1.807, 2.05) is 30.3 Å². The van der Waals surface area contributed by atoms with Gasteiger partial charge in [0.2, 0.25) is 5.91 Å². The molecule has 1 N–H and O–H groups in total. The summed E-state index contributed by atoms with van der Waals surface area (Å²) < 4.78 is 7.92. The van der Waals surface area contributed by atoms with Gasteiger partial charge in [-0.2, -0.15) is 0 Å². The van der Waals surface area contributed by atoms with Crippen molar-refractivity contribution in [2.24, 2.45) is 5.92 Å². The predicted octanol–water partition coefficient (Wildman–Crippen LogP) is 2.35. The summed E-state index contributed by atoms with van der Waals surface area (Å²) in [5.41, 5.74) is 1.91. The zero-order valence-electron chi connectivity index (χ0n) is 17.4. The van der Waals surface area contributed by atoms with E-state index in [4.69, 9.17) is 4.74 Å². The minimum absolute atomic E-state index is 0.0643. The number of amides is 2. The zero-order valence-corrected chi connectivity index (χ0v) is 17.4. The number of likely N-dealkylation sites (tertiary alicyclic amines) is 1. The lowest BCUT2D eigenvalue weighted by atomic mass is 9.96. The van der Waals surface area contributed by atoms with Crippen molar-refractivity contribution in [2.45, 2.75) is 26.3 Å². The van der Waals surface area contributed by atoms with Crippen molar-refractivity contribution in [1.82, 2.24) is 19.1 Å². The minimum Gasteiger partial charge on any atom is -0.450 e. The molecule has 3 heterocycles. The maximum absolute atomic E-state index is 12.7. The number of carbonyl (C=O) groups excluding carboxylic acids is 2. The van der Waals surface area contributed by atoms with Crippen LogP contribution in [0.25, 0.3) is 5.65 Å². The average Bonchev–Trinajstić information content (AvgIpc) is 3.09. The second kappa shape index (κ2) is 9.03. The highest BCUT2D eigenvalue weighted by Crippen LogP contribution is 2.21. The molecule has 1 aliphatic rings. The molecule has 3 aromatic rings. The highest BCUT2D eigenvalue weighted by molar-refractivity contribution is 5.92. The van der Waals surface area contributed by atoms with E-state index >= 15 is 0 Å². The Kier molecular flexibility index (Phi) is 6.01. The van der Waals surface area contributed by atoms with Crippen molar-refractivity contribution in [3.8, 4) is 0 Å². The van der Waals surface area contributed by atoms with Crippen LogP contribution in [0.4, 0.5) is 10.5 Å². The highest BCUT2D eigenvalue weighted by Gasteiger charge is 2.28. The van der Waals surface area contributed by atoms with Crippen LogP contribution in [-0.4, -0.2) is 50.8 Å². The lowest BCUT2D eigenvalue weighted by molar-refractivity contribution is -0.121. The molecule has 4 rings (SSSR count). The first-order chi connectivity index (χ1) is 15.0. The second-order valence-corrected chi connectivity index (χ2v) is 7.52. The quantitative estimate of drug-likeness (QED) is 0.679. The summed E-state index contributed by atoms with van der Waals surface area (Å²) in [6.07, 6.45) is 2.56. The fraction of sp³-hybridized carbons (Fsp3) is 0.364. The number of ether oxygens (including phenoxy) is 1. The molecule has 0 aliphatic carbocycles. The molecular formula is C22H25N5O4. The van der Waals surface area contributed by atoms with Crippen LogP contribution in [0.3, 0.4) is 0 Å². The first-order valence-electron chi connectivity index (χ1n) is 10.4. The number of piperidine rings is 1. The van der Waals surface area contributed by atoms with Crippen molar-refractivity contribution in [3.05, 3.63) is 64.7 Å². The Morgan fingerprint density at radius 3 is 2.71 bits per heavy atom. The van der Waals surface area contributed by atoms with Gasteiger partial charge in [0.15, 0.2) is 5.65 Å². The number of aromatic nitrogens is 3. The van der Waals surface area contributed by atoms with E-state index in [-0.39, 0.29) is 23.6 Å². The van der Waals surface area contributed by atoms with Gasteiger partial charge in [-0.15, -0.1) is 5.10 Å². The van der Waals surface area contributed by atoms with Crippen LogP contribution >= 0.6 is 0 Å². The zero-order chi connectivity index (χ0) is 21.8. The van der Waals surface area contributed by atoms with Gasteiger partial charge in [-0.3, -0.25) is 9.20 Å². The van der Waals surface area contributed by atoms with E-state index < -0.39 is 0 Å². The number of fused-ring (bicyclic) bond motifs is 1. The molecule has 1 aromatic carbocycles. The van der Waals surface area contributed by atoms with Gasteiger partial charge in [0.25, 0.3) is 0 Å². The van der Waals surface area contributed by atoms with Gasteiger partial charge in [-0.05, 0) is 49.6 Å². The van der Waals surface area contributed by atoms with Gasteiger partial charge in [0.1, 0.15) is 0 Å². The van der Waals surface area contributed by atoms with Gasteiger partial charge in [0, 0.05) is 30.9 Å². The first kappa shape index (κ1) is 20.6. The largest absolute Gasteiger partial charge is 0.450 e. The lowest BCUT2D eigenvalue weighted by Gasteiger charge is -2.30. The van der Waals surface area contributed by atoms with E-state index in [0.717, 1.165) is 5.56 Å². The molecule has 1 fully saturated rings. The molecule has 0 radical (unpaired) electrons. The number of rotatable bonds is 5. The Hall–Kier alpha value is -3.62. The van der Waals surface area contributed by atoms with Crippen molar-refractivity contribution in [1.29, 1.82) is 0 Å². The second-order valence-electron chi connectivity index (χ2n) is 7.52. The molecule has 9 nitrogen and oxygen atoms in total. The monoisotopic (exact) mass is 423 g/mol. The molecular weight excluding hydrogens is 398 g/mol. The Labute approximate surface area is 179 Å². The Morgan fingerprint density at radius 1 is 1.16 bits per heavy atom. The lowest BCUT2D eigenvalue weighted by Crippen LogP contribution is -2.41. The van der Waals surface area contributed by atoms with E-state index in [1.165, 1.54) is 9.08 Å². The van der Waals surface area contributed by atoms with Crippen LogP contribution in [-0.2, 0) is 16.1 Å². The maximum Gasteiger partial charge on any atom is 0.409 e. The summed E-state index contributed by atoms with van der Waals surface area (Å²) in [7, 11) is 0. The summed E-state index contributed by atoms with van der Waals surface area (Å²) in [5, 5.41) is 7.31. The van der Waals surface area contributed by atoms with Gasteiger partial charge in [-0.25, -0.2) is 14.3 Å². The van der Waals surface area contributed by atoms with E-state index in [2.05, 4.69) is 10.4 Å².